The lowest BCUT2D eigenvalue weighted by Gasteiger charge is -2.12. The summed E-state index contributed by atoms with van der Waals surface area (Å²) >= 11 is 5.72. The van der Waals surface area contributed by atoms with Crippen LogP contribution in [0.5, 0.6) is 0 Å². The molecule has 3 N–H and O–H groups in total. The van der Waals surface area contributed by atoms with E-state index in [1.807, 2.05) is 0 Å². The summed E-state index contributed by atoms with van der Waals surface area (Å²) in [7, 11) is 3.61. The van der Waals surface area contributed by atoms with Gasteiger partial charge in [0.1, 0.15) is 5.82 Å². The number of anilines is 3. The molecule has 6 nitrogen and oxygen atoms in total. The molecule has 1 aromatic carbocycles. The van der Waals surface area contributed by atoms with E-state index in [9.17, 15) is 4.39 Å². The molecule has 0 saturated carbocycles. The number of rotatable bonds is 4. The molecular weight excluding hydrogens is 283 g/mol. The van der Waals surface area contributed by atoms with Crippen LogP contribution in [0.2, 0.25) is 5.02 Å². The molecule has 0 aliphatic carbocycles. The van der Waals surface area contributed by atoms with Crippen molar-refractivity contribution in [3.8, 4) is 0 Å². The van der Waals surface area contributed by atoms with Crippen LogP contribution in [0, 0.1) is 5.82 Å². The standard InChI is InChI=1S/C12H14ClFN6/c1-20(2)12-18-10(15)17-11(19-12)16-6-7-3-4-9(14)8(13)5-7/h3-5H,6H2,1-2H3,(H3,15,16,17,18,19). The molecule has 106 valence electrons. The van der Waals surface area contributed by atoms with Gasteiger partial charge >= 0.3 is 0 Å². The molecule has 2 rings (SSSR count). The molecule has 0 unspecified atom stereocenters. The zero-order valence-electron chi connectivity index (χ0n) is 11.1. The summed E-state index contributed by atoms with van der Waals surface area (Å²) < 4.78 is 13.0. The van der Waals surface area contributed by atoms with Crippen molar-refractivity contribution in [2.24, 2.45) is 0 Å². The zero-order chi connectivity index (χ0) is 14.7. The molecule has 1 aromatic heterocycles. The largest absolute Gasteiger partial charge is 0.368 e. The Balaban J connectivity index is 2.12. The lowest BCUT2D eigenvalue weighted by atomic mass is 10.2. The van der Waals surface area contributed by atoms with Gasteiger partial charge in [-0.15, -0.1) is 0 Å². The van der Waals surface area contributed by atoms with Gasteiger partial charge in [-0.1, -0.05) is 17.7 Å². The van der Waals surface area contributed by atoms with Crippen LogP contribution in [0.3, 0.4) is 0 Å². The summed E-state index contributed by atoms with van der Waals surface area (Å²) in [5.41, 5.74) is 6.42. The Morgan fingerprint density at radius 1 is 1.30 bits per heavy atom. The molecule has 0 bridgehead atoms. The predicted octanol–water partition coefficient (Wildman–Crippen LogP) is 1.92. The Kier molecular flexibility index (Phi) is 4.19. The van der Waals surface area contributed by atoms with Gasteiger partial charge in [0, 0.05) is 20.6 Å². The van der Waals surface area contributed by atoms with Crippen molar-refractivity contribution in [3.63, 3.8) is 0 Å². The third-order valence-corrected chi connectivity index (χ3v) is 2.77. The molecule has 1 heterocycles. The van der Waals surface area contributed by atoms with Gasteiger partial charge in [-0.2, -0.15) is 15.0 Å². The summed E-state index contributed by atoms with van der Waals surface area (Å²) in [6, 6.07) is 4.49. The van der Waals surface area contributed by atoms with Crippen LogP contribution in [-0.4, -0.2) is 29.0 Å². The van der Waals surface area contributed by atoms with Crippen molar-refractivity contribution in [1.29, 1.82) is 0 Å². The highest BCUT2D eigenvalue weighted by Gasteiger charge is 2.06. The van der Waals surface area contributed by atoms with Crippen molar-refractivity contribution in [1.82, 2.24) is 15.0 Å². The van der Waals surface area contributed by atoms with Gasteiger partial charge in [0.15, 0.2) is 0 Å². The molecule has 20 heavy (non-hydrogen) atoms. The lowest BCUT2D eigenvalue weighted by Crippen LogP contribution is -2.16. The van der Waals surface area contributed by atoms with Crippen LogP contribution in [0.25, 0.3) is 0 Å². The summed E-state index contributed by atoms with van der Waals surface area (Å²) in [5.74, 6) is 0.483. The quantitative estimate of drug-likeness (QED) is 0.897. The second-order valence-corrected chi connectivity index (χ2v) is 4.72. The minimum absolute atomic E-state index is 0.0773. The Hall–Kier alpha value is -2.15. The minimum Gasteiger partial charge on any atom is -0.368 e. The van der Waals surface area contributed by atoms with E-state index in [-0.39, 0.29) is 11.0 Å². The van der Waals surface area contributed by atoms with E-state index >= 15 is 0 Å². The molecule has 0 spiro atoms. The van der Waals surface area contributed by atoms with Crippen molar-refractivity contribution < 1.29 is 4.39 Å². The molecule has 0 fully saturated rings. The number of hydrogen-bond donors (Lipinski definition) is 2. The highest BCUT2D eigenvalue weighted by atomic mass is 35.5. The minimum atomic E-state index is -0.449. The molecule has 0 aliphatic rings. The first-order chi connectivity index (χ1) is 9.45. The number of nitrogens with two attached hydrogens (primary N) is 1. The Bertz CT molecular complexity index is 619. The van der Waals surface area contributed by atoms with E-state index in [0.717, 1.165) is 5.56 Å². The maximum Gasteiger partial charge on any atom is 0.231 e. The Morgan fingerprint density at radius 3 is 2.70 bits per heavy atom. The average Bonchev–Trinajstić information content (AvgIpc) is 2.39. The number of aromatic nitrogens is 3. The normalized spacial score (nSPS) is 10.4. The van der Waals surface area contributed by atoms with E-state index < -0.39 is 5.82 Å². The second-order valence-electron chi connectivity index (χ2n) is 4.31. The monoisotopic (exact) mass is 296 g/mol. The topological polar surface area (TPSA) is 80.0 Å². The van der Waals surface area contributed by atoms with E-state index in [1.165, 1.54) is 6.07 Å². The third-order valence-electron chi connectivity index (χ3n) is 2.48. The van der Waals surface area contributed by atoms with Crippen LogP contribution < -0.4 is 16.0 Å². The number of halogens is 2. The van der Waals surface area contributed by atoms with Gasteiger partial charge in [-0.3, -0.25) is 0 Å². The fourth-order valence-corrected chi connectivity index (χ4v) is 1.69. The summed E-state index contributed by atoms with van der Waals surface area (Å²) in [6.07, 6.45) is 0. The van der Waals surface area contributed by atoms with Crippen molar-refractivity contribution in [2.45, 2.75) is 6.54 Å². The first-order valence-electron chi connectivity index (χ1n) is 5.82. The predicted molar refractivity (Wildman–Crippen MR) is 77.3 cm³/mol. The Morgan fingerprint density at radius 2 is 2.05 bits per heavy atom. The molecule has 0 amide bonds. The number of benzene rings is 1. The SMILES string of the molecule is CN(C)c1nc(N)nc(NCc2ccc(F)c(Cl)c2)n1. The van der Waals surface area contributed by atoms with Gasteiger partial charge in [-0.05, 0) is 17.7 Å². The van der Waals surface area contributed by atoms with Gasteiger partial charge in [-0.25, -0.2) is 4.39 Å². The maximum absolute atomic E-state index is 13.0. The molecule has 2 aromatic rings. The fourth-order valence-electron chi connectivity index (χ4n) is 1.49. The van der Waals surface area contributed by atoms with E-state index in [1.54, 1.807) is 31.1 Å². The Labute approximate surface area is 120 Å². The van der Waals surface area contributed by atoms with Crippen LogP contribution >= 0.6 is 11.6 Å². The second kappa shape index (κ2) is 5.87. The first kappa shape index (κ1) is 14.3. The fraction of sp³-hybridized carbons (Fsp3) is 0.250. The van der Waals surface area contributed by atoms with E-state index in [2.05, 4.69) is 20.3 Å². The average molecular weight is 297 g/mol. The summed E-state index contributed by atoms with van der Waals surface area (Å²) in [4.78, 5) is 13.9. The number of hydrogen-bond acceptors (Lipinski definition) is 6. The van der Waals surface area contributed by atoms with Crippen molar-refractivity contribution in [3.05, 3.63) is 34.6 Å². The van der Waals surface area contributed by atoms with Gasteiger partial charge in [0.2, 0.25) is 17.8 Å². The molecule has 0 atom stereocenters. The molecule has 8 heteroatoms. The maximum atomic E-state index is 13.0. The molecule has 0 radical (unpaired) electrons. The summed E-state index contributed by atoms with van der Waals surface area (Å²) in [5, 5.41) is 3.07. The molecule has 0 saturated heterocycles. The van der Waals surface area contributed by atoms with Crippen molar-refractivity contribution in [2.75, 3.05) is 30.0 Å². The number of nitrogens with one attached hydrogen (secondary N) is 1. The van der Waals surface area contributed by atoms with Gasteiger partial charge in [0.05, 0.1) is 5.02 Å². The highest BCUT2D eigenvalue weighted by Crippen LogP contribution is 2.17. The highest BCUT2D eigenvalue weighted by molar-refractivity contribution is 6.30. The van der Waals surface area contributed by atoms with E-state index in [4.69, 9.17) is 17.3 Å². The van der Waals surface area contributed by atoms with E-state index in [0.29, 0.717) is 18.4 Å². The van der Waals surface area contributed by atoms with Crippen LogP contribution in [0.1, 0.15) is 5.56 Å². The number of nitrogens with zero attached hydrogens (tertiary/aromatic N) is 4. The smallest absolute Gasteiger partial charge is 0.231 e. The molecule has 0 aliphatic heterocycles. The van der Waals surface area contributed by atoms with Gasteiger partial charge < -0.3 is 16.0 Å². The third kappa shape index (κ3) is 3.45. The van der Waals surface area contributed by atoms with Gasteiger partial charge in [0.25, 0.3) is 0 Å². The van der Waals surface area contributed by atoms with Crippen LogP contribution in [0.15, 0.2) is 18.2 Å². The molecular formula is C12H14ClFN6. The lowest BCUT2D eigenvalue weighted by molar-refractivity contribution is 0.627. The van der Waals surface area contributed by atoms with Crippen molar-refractivity contribution >= 4 is 29.4 Å². The first-order valence-corrected chi connectivity index (χ1v) is 6.20. The van der Waals surface area contributed by atoms with Crippen LogP contribution in [0.4, 0.5) is 22.2 Å². The summed E-state index contributed by atoms with van der Waals surface area (Å²) in [6.45, 7) is 0.399. The number of nitrogen functional groups attached to an aromatic ring is 1. The zero-order valence-corrected chi connectivity index (χ0v) is 11.8. The van der Waals surface area contributed by atoms with Crippen LogP contribution in [-0.2, 0) is 6.54 Å².